The Morgan fingerprint density at radius 2 is 2.12 bits per heavy atom. The van der Waals surface area contributed by atoms with Gasteiger partial charge in [-0.05, 0) is 34.1 Å². The van der Waals surface area contributed by atoms with Gasteiger partial charge in [-0.3, -0.25) is 4.79 Å². The third-order valence-corrected chi connectivity index (χ3v) is 2.44. The number of ether oxygens (including phenoxy) is 1. The molecule has 1 N–H and O–H groups in total. The summed E-state index contributed by atoms with van der Waals surface area (Å²) < 4.78 is 5.10. The van der Waals surface area contributed by atoms with Gasteiger partial charge in [0.05, 0.1) is 12.0 Å². The van der Waals surface area contributed by atoms with Gasteiger partial charge in [-0.15, -0.1) is 0 Å². The Hall–Kier alpha value is -1.10. The van der Waals surface area contributed by atoms with Crippen molar-refractivity contribution in [1.82, 2.24) is 4.90 Å². The van der Waals surface area contributed by atoms with E-state index in [-0.39, 0.29) is 5.91 Å². The Labute approximate surface area is 95.4 Å². The Morgan fingerprint density at radius 1 is 1.56 bits per heavy atom. The van der Waals surface area contributed by atoms with Gasteiger partial charge in [0.15, 0.2) is 0 Å². The van der Waals surface area contributed by atoms with Crippen LogP contribution in [-0.2, 0) is 9.53 Å². The lowest BCUT2D eigenvalue weighted by Crippen LogP contribution is -2.39. The number of carbonyl (C=O) groups is 2. The molecule has 5 heteroatoms. The van der Waals surface area contributed by atoms with Crippen LogP contribution in [0.2, 0.25) is 0 Å². The van der Waals surface area contributed by atoms with Gasteiger partial charge in [0, 0.05) is 6.54 Å². The van der Waals surface area contributed by atoms with Crippen LogP contribution >= 0.6 is 0 Å². The quantitative estimate of drug-likeness (QED) is 0.732. The van der Waals surface area contributed by atoms with Gasteiger partial charge in [-0.25, -0.2) is 9.69 Å². The molecule has 92 valence electrons. The van der Waals surface area contributed by atoms with Crippen molar-refractivity contribution in [2.24, 2.45) is 5.92 Å². The first-order chi connectivity index (χ1) is 7.22. The lowest BCUT2D eigenvalue weighted by molar-refractivity contribution is -0.132. The van der Waals surface area contributed by atoms with E-state index in [1.54, 1.807) is 27.7 Å². The molecule has 1 fully saturated rings. The fourth-order valence-corrected chi connectivity index (χ4v) is 1.65. The molecule has 1 heterocycles. The normalized spacial score (nSPS) is 23.4. The number of nitrogens with zero attached hydrogens (tertiary/aromatic N) is 1. The number of hydrogen-bond donors (Lipinski definition) is 1. The van der Waals surface area contributed by atoms with E-state index in [2.05, 4.69) is 0 Å². The summed E-state index contributed by atoms with van der Waals surface area (Å²) in [4.78, 5) is 24.5. The highest BCUT2D eigenvalue weighted by Crippen LogP contribution is 2.23. The number of amides is 2. The van der Waals surface area contributed by atoms with E-state index in [0.717, 1.165) is 4.90 Å². The highest BCUT2D eigenvalue weighted by atomic mass is 16.6. The predicted molar refractivity (Wildman–Crippen MR) is 57.7 cm³/mol. The smallest absolute Gasteiger partial charge is 0.417 e. The Balaban J connectivity index is 2.64. The van der Waals surface area contributed by atoms with E-state index in [9.17, 15) is 14.7 Å². The van der Waals surface area contributed by atoms with Crippen molar-refractivity contribution in [1.29, 1.82) is 0 Å². The van der Waals surface area contributed by atoms with Crippen LogP contribution in [-0.4, -0.2) is 40.3 Å². The topological polar surface area (TPSA) is 66.8 Å². The number of imide groups is 1. The summed E-state index contributed by atoms with van der Waals surface area (Å²) in [5, 5.41) is 9.36. The number of aliphatic hydroxyl groups excluding tert-OH is 1. The molecule has 1 aliphatic rings. The molecule has 0 radical (unpaired) electrons. The first kappa shape index (κ1) is 13.0. The monoisotopic (exact) mass is 229 g/mol. The van der Waals surface area contributed by atoms with E-state index in [4.69, 9.17) is 4.74 Å². The summed E-state index contributed by atoms with van der Waals surface area (Å²) in [5.74, 6) is -0.822. The molecule has 5 nitrogen and oxygen atoms in total. The first-order valence-electron chi connectivity index (χ1n) is 5.45. The Bertz CT molecular complexity index is 293. The van der Waals surface area contributed by atoms with E-state index in [1.807, 2.05) is 0 Å². The van der Waals surface area contributed by atoms with Crippen molar-refractivity contribution in [3.8, 4) is 0 Å². The van der Waals surface area contributed by atoms with Gasteiger partial charge < -0.3 is 9.84 Å². The molecule has 0 aromatic heterocycles. The Morgan fingerprint density at radius 3 is 2.50 bits per heavy atom. The van der Waals surface area contributed by atoms with Crippen LogP contribution in [0.5, 0.6) is 0 Å². The molecular weight excluding hydrogens is 210 g/mol. The van der Waals surface area contributed by atoms with Crippen molar-refractivity contribution in [3.63, 3.8) is 0 Å². The third-order valence-electron chi connectivity index (χ3n) is 2.44. The van der Waals surface area contributed by atoms with Gasteiger partial charge in [-0.2, -0.15) is 0 Å². The molecule has 0 aliphatic carbocycles. The fraction of sp³-hybridized carbons (Fsp3) is 0.818. The molecule has 2 atom stereocenters. The van der Waals surface area contributed by atoms with Crippen LogP contribution < -0.4 is 0 Å². The van der Waals surface area contributed by atoms with Crippen LogP contribution in [0.25, 0.3) is 0 Å². The second-order valence-electron chi connectivity index (χ2n) is 5.11. The second-order valence-corrected chi connectivity index (χ2v) is 5.11. The molecule has 0 aromatic rings. The minimum absolute atomic E-state index is 0.323. The molecule has 0 spiro atoms. The minimum atomic E-state index is -0.722. The fourth-order valence-electron chi connectivity index (χ4n) is 1.65. The van der Waals surface area contributed by atoms with E-state index >= 15 is 0 Å². The van der Waals surface area contributed by atoms with Gasteiger partial charge >= 0.3 is 6.09 Å². The van der Waals surface area contributed by atoms with E-state index in [0.29, 0.717) is 13.0 Å². The molecule has 0 bridgehead atoms. The van der Waals surface area contributed by atoms with Crippen molar-refractivity contribution < 1.29 is 19.4 Å². The lowest BCUT2D eigenvalue weighted by atomic mass is 10.0. The molecule has 1 saturated heterocycles. The van der Waals surface area contributed by atoms with Gasteiger partial charge in [0.25, 0.3) is 0 Å². The molecular formula is C11H19NO4. The predicted octanol–water partition coefficient (Wildman–Crippen LogP) is 1.15. The van der Waals surface area contributed by atoms with Crippen molar-refractivity contribution in [2.75, 3.05) is 6.54 Å². The second kappa shape index (κ2) is 4.41. The molecule has 0 aromatic carbocycles. The summed E-state index contributed by atoms with van der Waals surface area (Å²) >= 11 is 0. The zero-order chi connectivity index (χ0) is 12.5. The van der Waals surface area contributed by atoms with Crippen molar-refractivity contribution >= 4 is 12.0 Å². The van der Waals surface area contributed by atoms with Crippen LogP contribution in [0.4, 0.5) is 4.79 Å². The maximum absolute atomic E-state index is 11.7. The largest absolute Gasteiger partial charge is 0.443 e. The standard InChI is InChI=1S/C11H19NO4/c1-7(13)8-5-6-12(9(8)14)10(15)16-11(2,3)4/h7-8,13H,5-6H2,1-4H3. The zero-order valence-corrected chi connectivity index (χ0v) is 10.2. The molecule has 1 rings (SSSR count). The van der Waals surface area contributed by atoms with Crippen LogP contribution in [0.15, 0.2) is 0 Å². The van der Waals surface area contributed by atoms with Gasteiger partial charge in [0.1, 0.15) is 5.60 Å². The molecule has 1 aliphatic heterocycles. The summed E-state index contributed by atoms with van der Waals surface area (Å²) in [6.07, 6.45) is -0.851. The maximum atomic E-state index is 11.7. The van der Waals surface area contributed by atoms with Gasteiger partial charge in [0.2, 0.25) is 5.91 Å². The average molecular weight is 229 g/mol. The number of rotatable bonds is 1. The van der Waals surface area contributed by atoms with E-state index in [1.165, 1.54) is 0 Å². The molecule has 16 heavy (non-hydrogen) atoms. The minimum Gasteiger partial charge on any atom is -0.443 e. The van der Waals surface area contributed by atoms with Crippen LogP contribution in [0.3, 0.4) is 0 Å². The summed E-state index contributed by atoms with van der Waals surface area (Å²) in [5.41, 5.74) is -0.611. The molecule has 0 saturated carbocycles. The van der Waals surface area contributed by atoms with Crippen LogP contribution in [0, 0.1) is 5.92 Å². The maximum Gasteiger partial charge on any atom is 0.417 e. The Kier molecular flexibility index (Phi) is 3.57. The highest BCUT2D eigenvalue weighted by molar-refractivity contribution is 5.95. The summed E-state index contributed by atoms with van der Waals surface area (Å²) in [6.45, 7) is 7.12. The van der Waals surface area contributed by atoms with Gasteiger partial charge in [-0.1, -0.05) is 0 Å². The van der Waals surface area contributed by atoms with Crippen molar-refractivity contribution in [2.45, 2.75) is 45.8 Å². The number of likely N-dealkylation sites (tertiary alicyclic amines) is 1. The summed E-state index contributed by atoms with van der Waals surface area (Å²) in [6, 6.07) is 0. The molecule has 2 amide bonds. The summed E-state index contributed by atoms with van der Waals surface area (Å²) in [7, 11) is 0. The third kappa shape index (κ3) is 2.95. The molecule has 2 unspecified atom stereocenters. The van der Waals surface area contributed by atoms with Crippen molar-refractivity contribution in [3.05, 3.63) is 0 Å². The number of hydrogen-bond acceptors (Lipinski definition) is 4. The SMILES string of the molecule is CC(O)C1CCN(C(=O)OC(C)(C)C)C1=O. The number of carbonyl (C=O) groups excluding carboxylic acids is 2. The zero-order valence-electron chi connectivity index (χ0n) is 10.2. The average Bonchev–Trinajstić information content (AvgIpc) is 2.43. The first-order valence-corrected chi connectivity index (χ1v) is 5.45. The van der Waals surface area contributed by atoms with Crippen LogP contribution in [0.1, 0.15) is 34.1 Å². The van der Waals surface area contributed by atoms with E-state index < -0.39 is 23.7 Å². The lowest BCUT2D eigenvalue weighted by Gasteiger charge is -2.23. The number of aliphatic hydroxyl groups is 1. The highest BCUT2D eigenvalue weighted by Gasteiger charge is 2.39.